The zero-order valence-corrected chi connectivity index (χ0v) is 12.0. The number of hydrogen-bond donors (Lipinski definition) is 0. The molecule has 0 unspecified atom stereocenters. The molecule has 0 N–H and O–H groups in total. The van der Waals surface area contributed by atoms with Gasteiger partial charge in [0.25, 0.3) is 0 Å². The van der Waals surface area contributed by atoms with Crippen molar-refractivity contribution in [2.24, 2.45) is 0 Å². The number of hydrogen-bond acceptors (Lipinski definition) is 2. The molecule has 0 atom stereocenters. The van der Waals surface area contributed by atoms with Crippen LogP contribution in [0.3, 0.4) is 0 Å². The van der Waals surface area contributed by atoms with Crippen LogP contribution in [-0.4, -0.2) is 9.97 Å². The molecule has 2 rings (SSSR count). The summed E-state index contributed by atoms with van der Waals surface area (Å²) in [7, 11) is 0. The highest BCUT2D eigenvalue weighted by atomic mass is 35.5. The van der Waals surface area contributed by atoms with Crippen LogP contribution in [0.15, 0.2) is 36.7 Å². The van der Waals surface area contributed by atoms with Gasteiger partial charge < -0.3 is 0 Å². The van der Waals surface area contributed by atoms with Crippen molar-refractivity contribution in [2.75, 3.05) is 0 Å². The van der Waals surface area contributed by atoms with Crippen molar-refractivity contribution >= 4 is 11.6 Å². The van der Waals surface area contributed by atoms with Crippen molar-refractivity contribution < 1.29 is 0 Å². The van der Waals surface area contributed by atoms with E-state index in [0.29, 0.717) is 0 Å². The Morgan fingerprint density at radius 2 is 1.63 bits per heavy atom. The zero-order chi connectivity index (χ0) is 13.5. The number of halogens is 1. The second-order valence-corrected chi connectivity index (χ2v) is 5.17. The molecule has 100 valence electrons. The second-order valence-electron chi connectivity index (χ2n) is 4.73. The monoisotopic (exact) mass is 274 g/mol. The molecule has 0 radical (unpaired) electrons. The molecule has 0 saturated carbocycles. The molecule has 2 aromatic rings. The van der Waals surface area contributed by atoms with Crippen LogP contribution in [0.4, 0.5) is 0 Å². The van der Waals surface area contributed by atoms with Gasteiger partial charge in [-0.25, -0.2) is 9.97 Å². The summed E-state index contributed by atoms with van der Waals surface area (Å²) in [4.78, 5) is 8.85. The molecule has 0 fully saturated rings. The van der Waals surface area contributed by atoms with Crippen LogP contribution in [0.25, 0.3) is 11.4 Å². The van der Waals surface area contributed by atoms with Gasteiger partial charge in [-0.3, -0.25) is 0 Å². The zero-order valence-electron chi connectivity index (χ0n) is 11.3. The number of nitrogens with zero attached hydrogens (tertiary/aromatic N) is 2. The second kappa shape index (κ2) is 7.25. The first-order valence-corrected chi connectivity index (χ1v) is 7.24. The van der Waals surface area contributed by atoms with Crippen molar-refractivity contribution in [2.45, 2.75) is 39.0 Å². The molecule has 0 aliphatic carbocycles. The summed E-state index contributed by atoms with van der Waals surface area (Å²) in [6.07, 6.45) is 10.0. The predicted molar refractivity (Wildman–Crippen MR) is 80.3 cm³/mol. The Bertz CT molecular complexity index is 491. The molecule has 19 heavy (non-hydrogen) atoms. The van der Waals surface area contributed by atoms with Crippen LogP contribution in [-0.2, 0) is 6.42 Å². The molecule has 0 aliphatic rings. The van der Waals surface area contributed by atoms with Crippen molar-refractivity contribution in [1.82, 2.24) is 9.97 Å². The van der Waals surface area contributed by atoms with Gasteiger partial charge in [-0.15, -0.1) is 0 Å². The number of aromatic nitrogens is 2. The highest BCUT2D eigenvalue weighted by molar-refractivity contribution is 6.30. The summed E-state index contributed by atoms with van der Waals surface area (Å²) in [6, 6.07) is 7.61. The van der Waals surface area contributed by atoms with Gasteiger partial charge in [-0.1, -0.05) is 37.8 Å². The van der Waals surface area contributed by atoms with E-state index < -0.39 is 0 Å². The summed E-state index contributed by atoms with van der Waals surface area (Å²) in [5.74, 6) is 0.758. The van der Waals surface area contributed by atoms with E-state index in [1.807, 2.05) is 36.7 Å². The number of benzene rings is 1. The van der Waals surface area contributed by atoms with E-state index in [9.17, 15) is 0 Å². The Labute approximate surface area is 119 Å². The van der Waals surface area contributed by atoms with E-state index in [-0.39, 0.29) is 0 Å². The van der Waals surface area contributed by atoms with Crippen LogP contribution in [0.1, 0.15) is 38.2 Å². The maximum Gasteiger partial charge on any atom is 0.159 e. The Balaban J connectivity index is 1.96. The van der Waals surface area contributed by atoms with Crippen LogP contribution in [0.5, 0.6) is 0 Å². The quantitative estimate of drug-likeness (QED) is 0.699. The third-order valence-corrected chi connectivity index (χ3v) is 3.38. The minimum absolute atomic E-state index is 0.733. The van der Waals surface area contributed by atoms with E-state index in [1.165, 1.54) is 31.2 Å². The van der Waals surface area contributed by atoms with E-state index in [4.69, 9.17) is 11.6 Å². The molecule has 0 spiro atoms. The van der Waals surface area contributed by atoms with Crippen LogP contribution in [0.2, 0.25) is 5.02 Å². The summed E-state index contributed by atoms with van der Waals surface area (Å²) in [5.41, 5.74) is 2.22. The molecule has 1 aromatic heterocycles. The van der Waals surface area contributed by atoms with Crippen LogP contribution in [0, 0.1) is 0 Å². The van der Waals surface area contributed by atoms with Gasteiger partial charge in [0.2, 0.25) is 0 Å². The molecular weight excluding hydrogens is 256 g/mol. The lowest BCUT2D eigenvalue weighted by Gasteiger charge is -2.03. The summed E-state index contributed by atoms with van der Waals surface area (Å²) >= 11 is 5.87. The molecule has 0 amide bonds. The molecule has 1 heterocycles. The van der Waals surface area contributed by atoms with Crippen LogP contribution >= 0.6 is 11.6 Å². The van der Waals surface area contributed by atoms with Gasteiger partial charge in [-0.2, -0.15) is 0 Å². The Hall–Kier alpha value is -1.41. The van der Waals surface area contributed by atoms with Gasteiger partial charge in [0.1, 0.15) is 0 Å². The predicted octanol–water partition coefficient (Wildman–Crippen LogP) is 4.92. The molecular formula is C16H19ClN2. The first-order chi connectivity index (χ1) is 9.29. The maximum atomic E-state index is 5.87. The largest absolute Gasteiger partial charge is 0.236 e. The SMILES string of the molecule is CCCCCCc1cnc(-c2ccc(Cl)cc2)nc1. The maximum absolute atomic E-state index is 5.87. The lowest BCUT2D eigenvalue weighted by molar-refractivity contribution is 0.665. The van der Waals surface area contributed by atoms with E-state index in [0.717, 1.165) is 22.8 Å². The van der Waals surface area contributed by atoms with Crippen molar-refractivity contribution in [3.05, 3.63) is 47.2 Å². The number of unbranched alkanes of at least 4 members (excludes halogenated alkanes) is 3. The van der Waals surface area contributed by atoms with Crippen molar-refractivity contribution in [3.63, 3.8) is 0 Å². The average molecular weight is 275 g/mol. The molecule has 0 saturated heterocycles. The van der Waals surface area contributed by atoms with E-state index in [1.54, 1.807) is 0 Å². The van der Waals surface area contributed by atoms with Gasteiger partial charge in [0.15, 0.2) is 5.82 Å². The van der Waals surface area contributed by atoms with Gasteiger partial charge in [0.05, 0.1) is 0 Å². The summed E-state index contributed by atoms with van der Waals surface area (Å²) < 4.78 is 0. The first-order valence-electron chi connectivity index (χ1n) is 6.86. The van der Waals surface area contributed by atoms with E-state index >= 15 is 0 Å². The smallest absolute Gasteiger partial charge is 0.159 e. The fourth-order valence-electron chi connectivity index (χ4n) is 1.99. The molecule has 2 nitrogen and oxygen atoms in total. The lowest BCUT2D eigenvalue weighted by atomic mass is 10.1. The third kappa shape index (κ3) is 4.32. The molecule has 3 heteroatoms. The third-order valence-electron chi connectivity index (χ3n) is 3.13. The Morgan fingerprint density at radius 3 is 2.26 bits per heavy atom. The standard InChI is InChI=1S/C16H19ClN2/c1-2-3-4-5-6-13-11-18-16(19-12-13)14-7-9-15(17)10-8-14/h7-12H,2-6H2,1H3. The number of rotatable bonds is 6. The highest BCUT2D eigenvalue weighted by Gasteiger charge is 2.01. The van der Waals surface area contributed by atoms with Gasteiger partial charge >= 0.3 is 0 Å². The fourth-order valence-corrected chi connectivity index (χ4v) is 2.11. The lowest BCUT2D eigenvalue weighted by Crippen LogP contribution is -1.93. The molecule has 0 aliphatic heterocycles. The fraction of sp³-hybridized carbons (Fsp3) is 0.375. The van der Waals surface area contributed by atoms with Gasteiger partial charge in [0, 0.05) is 23.0 Å². The molecule has 1 aromatic carbocycles. The van der Waals surface area contributed by atoms with Crippen molar-refractivity contribution in [3.8, 4) is 11.4 Å². The molecule has 0 bridgehead atoms. The van der Waals surface area contributed by atoms with E-state index in [2.05, 4.69) is 16.9 Å². The minimum Gasteiger partial charge on any atom is -0.236 e. The van der Waals surface area contributed by atoms with Crippen LogP contribution < -0.4 is 0 Å². The summed E-state index contributed by atoms with van der Waals surface area (Å²) in [5, 5.41) is 0.733. The van der Waals surface area contributed by atoms with Gasteiger partial charge in [-0.05, 0) is 42.7 Å². The topological polar surface area (TPSA) is 25.8 Å². The Morgan fingerprint density at radius 1 is 0.947 bits per heavy atom. The highest BCUT2D eigenvalue weighted by Crippen LogP contribution is 2.18. The minimum atomic E-state index is 0.733. The average Bonchev–Trinajstić information content (AvgIpc) is 2.45. The summed E-state index contributed by atoms with van der Waals surface area (Å²) in [6.45, 7) is 2.23. The Kier molecular flexibility index (Phi) is 5.34. The van der Waals surface area contributed by atoms with Crippen molar-refractivity contribution in [1.29, 1.82) is 0 Å². The number of aryl methyl sites for hydroxylation is 1. The normalized spacial score (nSPS) is 10.6. The first kappa shape index (κ1) is 14.0.